The van der Waals surface area contributed by atoms with Crippen LogP contribution in [0.5, 0.6) is 0 Å². The van der Waals surface area contributed by atoms with Crippen molar-refractivity contribution in [3.63, 3.8) is 0 Å². The van der Waals surface area contributed by atoms with Crippen LogP contribution in [0.25, 0.3) is 0 Å². The lowest BCUT2D eigenvalue weighted by Crippen LogP contribution is -2.28. The molecule has 2 rings (SSSR count). The molecule has 0 bridgehead atoms. The average Bonchev–Trinajstić information content (AvgIpc) is 2.08. The number of benzene rings is 1. The highest BCUT2D eigenvalue weighted by Gasteiger charge is 2.20. The Balaban J connectivity index is 2.61. The molecule has 0 amide bonds. The lowest BCUT2D eigenvalue weighted by atomic mass is 10.2. The van der Waals surface area contributed by atoms with E-state index in [1.165, 1.54) is 0 Å². The second kappa shape index (κ2) is 2.91. The summed E-state index contributed by atoms with van der Waals surface area (Å²) < 4.78 is 25.5. The highest BCUT2D eigenvalue weighted by atomic mass is 19.2. The van der Waals surface area contributed by atoms with Crippen LogP contribution in [-0.4, -0.2) is 22.8 Å². The number of anilines is 1. The monoisotopic (exact) mass is 200 g/mol. The summed E-state index contributed by atoms with van der Waals surface area (Å²) in [6, 6.07) is 1.63. The fourth-order valence-corrected chi connectivity index (χ4v) is 1.22. The summed E-state index contributed by atoms with van der Waals surface area (Å²) in [7, 11) is 0. The molecule has 0 saturated heterocycles. The van der Waals surface area contributed by atoms with Crippen LogP contribution in [0.3, 0.4) is 0 Å². The van der Waals surface area contributed by atoms with Gasteiger partial charge in [0.05, 0.1) is 11.4 Å². The third kappa shape index (κ3) is 1.29. The molecule has 4 nitrogen and oxygen atoms in total. The van der Waals surface area contributed by atoms with E-state index in [-0.39, 0.29) is 23.8 Å². The molecule has 6 heteroatoms. The molecule has 0 unspecified atom stereocenters. The van der Waals surface area contributed by atoms with Gasteiger partial charge in [0.2, 0.25) is 5.90 Å². The number of aliphatic imine (C=N–C) groups is 1. The molecule has 1 aromatic rings. The van der Waals surface area contributed by atoms with Crippen molar-refractivity contribution in [2.75, 3.05) is 11.6 Å². The molecular weight excluding hydrogens is 194 g/mol. The Morgan fingerprint density at radius 1 is 1.29 bits per heavy atom. The Kier molecular flexibility index (Phi) is 1.85. The average molecular weight is 200 g/mol. The highest BCUT2D eigenvalue weighted by molar-refractivity contribution is 5.88. The van der Waals surface area contributed by atoms with Crippen LogP contribution in [0.1, 0.15) is 0 Å². The molecule has 2 N–H and O–H groups in total. The van der Waals surface area contributed by atoms with Gasteiger partial charge in [0.1, 0.15) is 6.54 Å². The number of aliphatic hydroxyl groups excluding tert-OH is 1. The fourth-order valence-electron chi connectivity index (χ4n) is 1.22. The summed E-state index contributed by atoms with van der Waals surface area (Å²) in [6.45, 7) is -0.238. The number of hydroxylamine groups is 1. The van der Waals surface area contributed by atoms with Crippen LogP contribution in [-0.2, 0) is 0 Å². The van der Waals surface area contributed by atoms with E-state index in [0.29, 0.717) is 5.06 Å². The number of fused-ring (bicyclic) bond motifs is 1. The van der Waals surface area contributed by atoms with Crippen molar-refractivity contribution in [3.8, 4) is 0 Å². The van der Waals surface area contributed by atoms with Gasteiger partial charge in [-0.05, 0) is 0 Å². The van der Waals surface area contributed by atoms with Gasteiger partial charge in [0.25, 0.3) is 0 Å². The molecule has 0 radical (unpaired) electrons. The Bertz CT molecular complexity index is 420. The molecule has 1 heterocycles. The first-order valence-corrected chi connectivity index (χ1v) is 3.80. The maximum Gasteiger partial charge on any atom is 0.208 e. The molecule has 0 saturated carbocycles. The van der Waals surface area contributed by atoms with Gasteiger partial charge in [0, 0.05) is 12.1 Å². The molecule has 1 aromatic carbocycles. The Morgan fingerprint density at radius 2 is 1.93 bits per heavy atom. The van der Waals surface area contributed by atoms with E-state index in [1.807, 2.05) is 0 Å². The summed E-state index contributed by atoms with van der Waals surface area (Å²) >= 11 is 0. The first-order valence-electron chi connectivity index (χ1n) is 3.80. The fraction of sp³-hybridized carbons (Fsp3) is 0.125. The van der Waals surface area contributed by atoms with E-state index in [1.54, 1.807) is 0 Å². The maximum absolute atomic E-state index is 12.8. The van der Waals surface area contributed by atoms with Crippen molar-refractivity contribution in [2.24, 2.45) is 4.99 Å². The van der Waals surface area contributed by atoms with Gasteiger partial charge in [-0.25, -0.2) is 18.8 Å². The van der Waals surface area contributed by atoms with E-state index in [4.69, 9.17) is 5.11 Å². The molecule has 0 aliphatic carbocycles. The minimum Gasteiger partial charge on any atom is -0.495 e. The third-order valence-electron chi connectivity index (χ3n) is 1.84. The zero-order valence-corrected chi connectivity index (χ0v) is 6.91. The Morgan fingerprint density at radius 3 is 2.64 bits per heavy atom. The maximum atomic E-state index is 12.8. The molecule has 0 atom stereocenters. The SMILES string of the molecule is OC1=Nc2cc(F)c(F)cc2N(O)C1. The number of rotatable bonds is 0. The summed E-state index contributed by atoms with van der Waals surface area (Å²) in [4.78, 5) is 3.56. The molecule has 74 valence electrons. The topological polar surface area (TPSA) is 56.1 Å². The van der Waals surface area contributed by atoms with Crippen LogP contribution in [0, 0.1) is 11.6 Å². The standard InChI is InChI=1S/C8H6F2N2O2/c9-4-1-6-7(2-5(4)10)12(14)3-8(13)11-6/h1-2,14H,3H2,(H,11,13). The predicted molar refractivity (Wildman–Crippen MR) is 45.2 cm³/mol. The minimum absolute atomic E-state index is 0.00449. The number of halogens is 2. The van der Waals surface area contributed by atoms with Crippen molar-refractivity contribution < 1.29 is 19.1 Å². The first kappa shape index (κ1) is 8.89. The van der Waals surface area contributed by atoms with Crippen molar-refractivity contribution in [3.05, 3.63) is 23.8 Å². The lowest BCUT2D eigenvalue weighted by Gasteiger charge is -2.21. The number of hydrogen-bond acceptors (Lipinski definition) is 3. The van der Waals surface area contributed by atoms with Gasteiger partial charge in [-0.2, -0.15) is 0 Å². The van der Waals surface area contributed by atoms with Gasteiger partial charge >= 0.3 is 0 Å². The molecule has 0 fully saturated rings. The number of hydrogen-bond donors (Lipinski definition) is 2. The van der Waals surface area contributed by atoms with Crippen molar-refractivity contribution in [2.45, 2.75) is 0 Å². The summed E-state index contributed by atoms with van der Waals surface area (Å²) in [5.41, 5.74) is 0.0249. The number of nitrogens with zero attached hydrogens (tertiary/aromatic N) is 2. The normalized spacial score (nSPS) is 15.1. The van der Waals surface area contributed by atoms with Crippen molar-refractivity contribution in [1.29, 1.82) is 0 Å². The zero-order valence-electron chi connectivity index (χ0n) is 6.91. The summed E-state index contributed by atoms with van der Waals surface area (Å²) in [5.74, 6) is -2.50. The zero-order chi connectivity index (χ0) is 10.3. The van der Waals surface area contributed by atoms with Gasteiger partial charge < -0.3 is 5.11 Å². The first-order chi connectivity index (χ1) is 6.58. The van der Waals surface area contributed by atoms with E-state index in [9.17, 15) is 14.0 Å². The Labute approximate surface area is 77.7 Å². The molecular formula is C8H6F2N2O2. The molecule has 1 aliphatic rings. The second-order valence-corrected chi connectivity index (χ2v) is 2.84. The quantitative estimate of drug-likeness (QED) is 0.670. The van der Waals surface area contributed by atoms with Crippen molar-refractivity contribution in [1.82, 2.24) is 0 Å². The minimum atomic E-state index is -1.07. The van der Waals surface area contributed by atoms with Gasteiger partial charge in [-0.15, -0.1) is 0 Å². The molecule has 0 aromatic heterocycles. The smallest absolute Gasteiger partial charge is 0.208 e. The van der Waals surface area contributed by atoms with Crippen LogP contribution < -0.4 is 5.06 Å². The molecule has 14 heavy (non-hydrogen) atoms. The predicted octanol–water partition coefficient (Wildman–Crippen LogP) is 1.76. The molecule has 1 aliphatic heterocycles. The van der Waals surface area contributed by atoms with Crippen molar-refractivity contribution >= 4 is 17.3 Å². The van der Waals surface area contributed by atoms with Crippen LogP contribution in [0.2, 0.25) is 0 Å². The van der Waals surface area contributed by atoms with E-state index in [2.05, 4.69) is 4.99 Å². The van der Waals surface area contributed by atoms with Crippen LogP contribution in [0.15, 0.2) is 17.1 Å². The Hall–Kier alpha value is -1.69. The van der Waals surface area contributed by atoms with Crippen LogP contribution >= 0.6 is 0 Å². The highest BCUT2D eigenvalue weighted by Crippen LogP contribution is 2.32. The van der Waals surface area contributed by atoms with Crippen LogP contribution in [0.4, 0.5) is 20.2 Å². The second-order valence-electron chi connectivity index (χ2n) is 2.84. The number of aliphatic hydroxyl groups is 1. The van der Waals surface area contributed by atoms with Gasteiger partial charge in [-0.1, -0.05) is 0 Å². The van der Waals surface area contributed by atoms with Gasteiger partial charge in [0.15, 0.2) is 11.6 Å². The van der Waals surface area contributed by atoms with E-state index in [0.717, 1.165) is 12.1 Å². The van der Waals surface area contributed by atoms with Gasteiger partial charge in [-0.3, -0.25) is 5.21 Å². The summed E-state index contributed by atoms with van der Waals surface area (Å²) in [6.07, 6.45) is 0. The largest absolute Gasteiger partial charge is 0.495 e. The lowest BCUT2D eigenvalue weighted by molar-refractivity contribution is 0.262. The van der Waals surface area contributed by atoms with E-state index >= 15 is 0 Å². The molecule has 0 spiro atoms. The summed E-state index contributed by atoms with van der Waals surface area (Å²) in [5, 5.41) is 18.9. The third-order valence-corrected chi connectivity index (χ3v) is 1.84. The van der Waals surface area contributed by atoms with E-state index < -0.39 is 11.6 Å².